The number of allylic oxidation sites excluding steroid dienone is 2. The molecule has 1 unspecified atom stereocenters. The van der Waals surface area contributed by atoms with Crippen LogP contribution in [-0.4, -0.2) is 40.1 Å². The largest absolute Gasteiger partial charge is 0.550 e. The fourth-order valence-electron chi connectivity index (χ4n) is 11.1. The summed E-state index contributed by atoms with van der Waals surface area (Å²) in [4.78, 5) is 12.7. The number of carboxylic acid groups (broad SMARTS) is 1. The second kappa shape index (κ2) is 7.80. The predicted molar refractivity (Wildman–Crippen MR) is 133 cm³/mol. The normalized spacial score (nSPS) is 59.6. The fourth-order valence-corrected chi connectivity index (χ4v) is 11.1. The molecule has 5 heteroatoms. The molecule has 0 amide bonds. The molecule has 4 fully saturated rings. The van der Waals surface area contributed by atoms with Gasteiger partial charge in [0.15, 0.2) is 0 Å². The van der Waals surface area contributed by atoms with Gasteiger partial charge < -0.3 is 25.2 Å². The van der Waals surface area contributed by atoms with Gasteiger partial charge in [-0.25, -0.2) is 0 Å². The van der Waals surface area contributed by atoms with Crippen molar-refractivity contribution in [3.63, 3.8) is 0 Å². The van der Waals surface area contributed by atoms with Crippen LogP contribution in [0.2, 0.25) is 0 Å². The van der Waals surface area contributed by atoms with E-state index in [1.54, 1.807) is 0 Å². The standard InChI is InChI=1S/C30H48O5/c1-17-9-12-30(25(34)35)14-13-28(5)19(23(30)18(17)2)7-8-22-26(3)15-20(32)24(33)27(4,16-31)21(26)10-11-29(22,28)6/h7-8,17-24,31-33H,9-16H2,1-6H3,(H,34,35)/p-1/t17-,18+,19?,20-,21-,22-,23+,24+,26+,27+,28-,29-,30+/m1/s1. The molecule has 198 valence electrons. The summed E-state index contributed by atoms with van der Waals surface area (Å²) in [6.07, 6.45) is 8.63. The first-order valence-corrected chi connectivity index (χ1v) is 14.1. The highest BCUT2D eigenvalue weighted by molar-refractivity contribution is 5.73. The van der Waals surface area contributed by atoms with Gasteiger partial charge in [0.1, 0.15) is 0 Å². The SMILES string of the molecule is C[C@H]1[C@H](C)CC[C@]2(C(=O)[O-])CC[C@]3(C)C(C=C[C@@H]4[C@@]5(C)C[C@@H](O)[C@H](O)[C@@](C)(CO)[C@@H]5CC[C@]43C)[C@H]12. The van der Waals surface area contributed by atoms with E-state index in [9.17, 15) is 25.2 Å². The van der Waals surface area contributed by atoms with Crippen LogP contribution in [0.1, 0.15) is 86.5 Å². The molecule has 5 aliphatic rings. The molecule has 13 atom stereocenters. The first kappa shape index (κ1) is 25.7. The summed E-state index contributed by atoms with van der Waals surface area (Å²) in [7, 11) is 0. The third kappa shape index (κ3) is 2.95. The third-order valence-corrected chi connectivity index (χ3v) is 13.6. The van der Waals surface area contributed by atoms with E-state index in [0.29, 0.717) is 24.7 Å². The Labute approximate surface area is 211 Å². The monoisotopic (exact) mass is 487 g/mol. The van der Waals surface area contributed by atoms with Crippen molar-refractivity contribution in [2.45, 2.75) is 98.7 Å². The number of hydrogen-bond acceptors (Lipinski definition) is 5. The van der Waals surface area contributed by atoms with Crippen LogP contribution in [-0.2, 0) is 4.79 Å². The Morgan fingerprint density at radius 1 is 0.971 bits per heavy atom. The number of rotatable bonds is 2. The number of carbonyl (C=O) groups is 1. The van der Waals surface area contributed by atoms with E-state index in [1.807, 2.05) is 6.92 Å². The molecule has 0 aromatic heterocycles. The van der Waals surface area contributed by atoms with Crippen LogP contribution < -0.4 is 5.11 Å². The van der Waals surface area contributed by atoms with Gasteiger partial charge in [-0.15, -0.1) is 0 Å². The summed E-state index contributed by atoms with van der Waals surface area (Å²) in [5.41, 5.74) is -1.81. The number of fused-ring (bicyclic) bond motifs is 7. The van der Waals surface area contributed by atoms with Crippen LogP contribution >= 0.6 is 0 Å². The molecular formula is C30H47O5-. The molecule has 35 heavy (non-hydrogen) atoms. The molecule has 0 aromatic rings. The zero-order valence-electron chi connectivity index (χ0n) is 22.6. The van der Waals surface area contributed by atoms with Crippen LogP contribution in [0.25, 0.3) is 0 Å². The number of carboxylic acids is 1. The van der Waals surface area contributed by atoms with Gasteiger partial charge in [-0.1, -0.05) is 53.7 Å². The predicted octanol–water partition coefficient (Wildman–Crippen LogP) is 3.55. The highest BCUT2D eigenvalue weighted by atomic mass is 16.4. The van der Waals surface area contributed by atoms with Gasteiger partial charge in [0.25, 0.3) is 0 Å². The molecule has 0 spiro atoms. The molecule has 0 aromatic carbocycles. The maximum Gasteiger partial charge on any atom is 0.0877 e. The maximum atomic E-state index is 12.7. The summed E-state index contributed by atoms with van der Waals surface area (Å²) in [5.74, 6) is 0.570. The zero-order chi connectivity index (χ0) is 25.8. The third-order valence-electron chi connectivity index (χ3n) is 13.6. The van der Waals surface area contributed by atoms with Gasteiger partial charge in [-0.05, 0) is 96.7 Å². The zero-order valence-corrected chi connectivity index (χ0v) is 22.6. The van der Waals surface area contributed by atoms with Gasteiger partial charge in [-0.3, -0.25) is 0 Å². The molecule has 4 saturated carbocycles. The van der Waals surface area contributed by atoms with Crippen molar-refractivity contribution in [1.82, 2.24) is 0 Å². The van der Waals surface area contributed by atoms with Crippen LogP contribution in [0, 0.1) is 62.6 Å². The molecule has 5 aliphatic carbocycles. The average molecular weight is 488 g/mol. The molecule has 5 nitrogen and oxygen atoms in total. The number of aliphatic carboxylic acids is 1. The van der Waals surface area contributed by atoms with Crippen LogP contribution in [0.4, 0.5) is 0 Å². The van der Waals surface area contributed by atoms with E-state index in [1.165, 1.54) is 0 Å². The lowest BCUT2D eigenvalue weighted by atomic mass is 9.32. The highest BCUT2D eigenvalue weighted by Gasteiger charge is 2.70. The second-order valence-electron chi connectivity index (χ2n) is 14.5. The Bertz CT molecular complexity index is 916. The van der Waals surface area contributed by atoms with Crippen molar-refractivity contribution in [2.75, 3.05) is 6.61 Å². The lowest BCUT2D eigenvalue weighted by molar-refractivity contribution is -0.333. The number of carbonyl (C=O) groups excluding carboxylic acids is 1. The summed E-state index contributed by atoms with van der Waals surface area (Å²) in [5, 5.41) is 45.0. The average Bonchev–Trinajstić information content (AvgIpc) is 2.80. The smallest absolute Gasteiger partial charge is 0.0877 e. The Kier molecular flexibility index (Phi) is 5.73. The minimum atomic E-state index is -0.922. The number of aliphatic hydroxyl groups excluding tert-OH is 3. The Morgan fingerprint density at radius 3 is 2.29 bits per heavy atom. The maximum absolute atomic E-state index is 12.7. The minimum Gasteiger partial charge on any atom is -0.550 e. The highest BCUT2D eigenvalue weighted by Crippen LogP contribution is 2.75. The van der Waals surface area contributed by atoms with E-state index < -0.39 is 29.0 Å². The fraction of sp³-hybridized carbons (Fsp3) is 0.900. The van der Waals surface area contributed by atoms with E-state index >= 15 is 0 Å². The van der Waals surface area contributed by atoms with Gasteiger partial charge in [0.2, 0.25) is 0 Å². The van der Waals surface area contributed by atoms with Crippen molar-refractivity contribution in [3.8, 4) is 0 Å². The van der Waals surface area contributed by atoms with E-state index in [0.717, 1.165) is 32.1 Å². The van der Waals surface area contributed by atoms with Crippen molar-refractivity contribution >= 4 is 5.97 Å². The van der Waals surface area contributed by atoms with Crippen LogP contribution in [0.3, 0.4) is 0 Å². The van der Waals surface area contributed by atoms with E-state index in [2.05, 4.69) is 46.8 Å². The summed E-state index contributed by atoms with van der Waals surface area (Å²) in [6.45, 7) is 13.5. The molecule has 0 radical (unpaired) electrons. The van der Waals surface area contributed by atoms with Crippen molar-refractivity contribution in [3.05, 3.63) is 12.2 Å². The van der Waals surface area contributed by atoms with E-state index in [-0.39, 0.29) is 46.5 Å². The molecule has 0 bridgehead atoms. The second-order valence-corrected chi connectivity index (χ2v) is 14.5. The molecular weight excluding hydrogens is 440 g/mol. The van der Waals surface area contributed by atoms with Gasteiger partial charge in [-0.2, -0.15) is 0 Å². The van der Waals surface area contributed by atoms with Crippen LogP contribution in [0.5, 0.6) is 0 Å². The van der Waals surface area contributed by atoms with Crippen molar-refractivity contribution in [2.24, 2.45) is 62.6 Å². The number of aliphatic hydroxyl groups is 3. The Balaban J connectivity index is 1.62. The van der Waals surface area contributed by atoms with Crippen LogP contribution in [0.15, 0.2) is 12.2 Å². The molecule has 0 aliphatic heterocycles. The lowest BCUT2D eigenvalue weighted by Crippen LogP contribution is -2.69. The topological polar surface area (TPSA) is 101 Å². The molecule has 3 N–H and O–H groups in total. The minimum absolute atomic E-state index is 0.0471. The van der Waals surface area contributed by atoms with Crippen molar-refractivity contribution < 1.29 is 25.2 Å². The molecule has 5 rings (SSSR count). The summed E-state index contributed by atoms with van der Waals surface area (Å²) >= 11 is 0. The lowest BCUT2D eigenvalue weighted by Gasteiger charge is -2.72. The van der Waals surface area contributed by atoms with Crippen molar-refractivity contribution in [1.29, 1.82) is 0 Å². The summed E-state index contributed by atoms with van der Waals surface area (Å²) in [6, 6.07) is 0. The molecule has 0 heterocycles. The number of hydrogen-bond donors (Lipinski definition) is 3. The Morgan fingerprint density at radius 2 is 1.66 bits per heavy atom. The molecule has 0 saturated heterocycles. The van der Waals surface area contributed by atoms with Gasteiger partial charge >= 0.3 is 0 Å². The summed E-state index contributed by atoms with van der Waals surface area (Å²) < 4.78 is 0. The Hall–Kier alpha value is -0.910. The first-order chi connectivity index (χ1) is 16.2. The van der Waals surface area contributed by atoms with Gasteiger partial charge in [0, 0.05) is 16.8 Å². The van der Waals surface area contributed by atoms with Gasteiger partial charge in [0.05, 0.1) is 18.8 Å². The quantitative estimate of drug-likeness (QED) is 0.517. The first-order valence-electron chi connectivity index (χ1n) is 14.1. The van der Waals surface area contributed by atoms with E-state index in [4.69, 9.17) is 0 Å².